The van der Waals surface area contributed by atoms with Crippen molar-refractivity contribution in [2.75, 3.05) is 0 Å². The zero-order valence-corrected chi connectivity index (χ0v) is 8.51. The van der Waals surface area contributed by atoms with Gasteiger partial charge in [0.05, 0.1) is 12.4 Å². The van der Waals surface area contributed by atoms with Crippen molar-refractivity contribution in [2.24, 2.45) is 0 Å². The molecule has 0 aliphatic carbocycles. The number of ketones is 1. The smallest absolute Gasteiger partial charge is 0.227 e. The van der Waals surface area contributed by atoms with Crippen molar-refractivity contribution in [2.45, 2.75) is 6.54 Å². The van der Waals surface area contributed by atoms with Gasteiger partial charge in [-0.25, -0.2) is 4.39 Å². The second kappa shape index (κ2) is 4.61. The van der Waals surface area contributed by atoms with Gasteiger partial charge in [-0.15, -0.1) is 0 Å². The summed E-state index contributed by atoms with van der Waals surface area (Å²) in [5, 5.41) is 0. The van der Waals surface area contributed by atoms with Gasteiger partial charge < -0.3 is 0 Å². The minimum atomic E-state index is -0.398. The average molecular weight is 217 g/mol. The molecular weight excluding hydrogens is 207 g/mol. The van der Waals surface area contributed by atoms with Gasteiger partial charge >= 0.3 is 0 Å². The van der Waals surface area contributed by atoms with Crippen molar-refractivity contribution < 1.29 is 13.8 Å². The summed E-state index contributed by atoms with van der Waals surface area (Å²) in [6.07, 6.45) is 6.58. The van der Waals surface area contributed by atoms with E-state index in [1.807, 2.05) is 0 Å². The lowest BCUT2D eigenvalue weighted by molar-refractivity contribution is -0.683. The third-order valence-corrected chi connectivity index (χ3v) is 2.16. The molecule has 0 spiro atoms. The van der Waals surface area contributed by atoms with Crippen LogP contribution in [0.2, 0.25) is 0 Å². The molecular formula is C12H10FN2O+. The lowest BCUT2D eigenvalue weighted by Crippen LogP contribution is -2.37. The summed E-state index contributed by atoms with van der Waals surface area (Å²) in [6.45, 7) is 0.186. The Balaban J connectivity index is 2.15. The minimum absolute atomic E-state index is 0.129. The van der Waals surface area contributed by atoms with Crippen LogP contribution in [0.15, 0.2) is 49.1 Å². The zero-order valence-electron chi connectivity index (χ0n) is 8.51. The van der Waals surface area contributed by atoms with Crippen LogP contribution >= 0.6 is 0 Å². The van der Waals surface area contributed by atoms with Gasteiger partial charge in [0.2, 0.25) is 12.3 Å². The monoisotopic (exact) mass is 217 g/mol. The molecule has 3 nitrogen and oxygen atoms in total. The van der Waals surface area contributed by atoms with Crippen molar-refractivity contribution in [1.82, 2.24) is 4.98 Å². The quantitative estimate of drug-likeness (QED) is 0.575. The molecule has 0 radical (unpaired) electrons. The van der Waals surface area contributed by atoms with Crippen molar-refractivity contribution in [1.29, 1.82) is 0 Å². The molecule has 1 heterocycles. The maximum atomic E-state index is 12.9. The highest BCUT2D eigenvalue weighted by Crippen LogP contribution is 2.04. The van der Waals surface area contributed by atoms with Crippen molar-refractivity contribution in [3.05, 3.63) is 60.4 Å². The van der Waals surface area contributed by atoms with E-state index in [0.717, 1.165) is 0 Å². The third-order valence-electron chi connectivity index (χ3n) is 2.16. The summed E-state index contributed by atoms with van der Waals surface area (Å²) in [7, 11) is 0. The molecule has 16 heavy (non-hydrogen) atoms. The number of Topliss-reactive ketones (excluding diaryl/α,β-unsaturated/α-hetero) is 1. The van der Waals surface area contributed by atoms with Crippen LogP contribution in [0.5, 0.6) is 0 Å². The summed E-state index contributed by atoms with van der Waals surface area (Å²) >= 11 is 0. The molecule has 0 unspecified atom stereocenters. The van der Waals surface area contributed by atoms with E-state index < -0.39 is 5.82 Å². The molecule has 0 bridgehead atoms. The third kappa shape index (κ3) is 2.48. The molecule has 1 aromatic heterocycles. The lowest BCUT2D eigenvalue weighted by atomic mass is 10.1. The Bertz CT molecular complexity index is 499. The molecule has 0 saturated carbocycles. The van der Waals surface area contributed by atoms with E-state index >= 15 is 0 Å². The van der Waals surface area contributed by atoms with Crippen LogP contribution in [0, 0.1) is 5.82 Å². The summed E-state index contributed by atoms with van der Waals surface area (Å²) in [6, 6.07) is 5.69. The fourth-order valence-electron chi connectivity index (χ4n) is 1.37. The molecule has 0 amide bonds. The SMILES string of the molecule is O=C(C[n+]1ccncc1)c1cccc(F)c1. The summed E-state index contributed by atoms with van der Waals surface area (Å²) in [5.41, 5.74) is 0.379. The van der Waals surface area contributed by atoms with Gasteiger partial charge in [-0.1, -0.05) is 12.1 Å². The molecule has 0 fully saturated rings. The van der Waals surface area contributed by atoms with Gasteiger partial charge in [0.15, 0.2) is 12.4 Å². The molecule has 4 heteroatoms. The molecule has 80 valence electrons. The van der Waals surface area contributed by atoms with Gasteiger partial charge in [-0.05, 0) is 12.1 Å². The van der Waals surface area contributed by atoms with Gasteiger partial charge in [-0.3, -0.25) is 9.78 Å². The fraction of sp³-hybridized carbons (Fsp3) is 0.0833. The standard InChI is InChI=1S/C12H10FN2O/c13-11-3-1-2-10(8-11)12(16)9-15-6-4-14-5-7-15/h1-8H,9H2/q+1. The first kappa shape index (κ1) is 10.4. The van der Waals surface area contributed by atoms with Crippen LogP contribution in [-0.4, -0.2) is 10.8 Å². The first-order chi connectivity index (χ1) is 7.75. The average Bonchev–Trinajstić information content (AvgIpc) is 2.30. The Morgan fingerprint density at radius 3 is 2.75 bits per heavy atom. The maximum Gasteiger partial charge on any atom is 0.227 e. The molecule has 0 atom stereocenters. The van der Waals surface area contributed by atoms with Crippen LogP contribution in [0.4, 0.5) is 4.39 Å². The second-order valence-electron chi connectivity index (χ2n) is 3.35. The van der Waals surface area contributed by atoms with Gasteiger partial charge in [-0.2, -0.15) is 4.57 Å². The van der Waals surface area contributed by atoms with Gasteiger partial charge in [0, 0.05) is 5.56 Å². The highest BCUT2D eigenvalue weighted by atomic mass is 19.1. The van der Waals surface area contributed by atoms with Gasteiger partial charge in [0.1, 0.15) is 5.82 Å². The van der Waals surface area contributed by atoms with Crippen LogP contribution in [0.3, 0.4) is 0 Å². The number of carbonyl (C=O) groups is 1. The number of hydrogen-bond donors (Lipinski definition) is 0. The van der Waals surface area contributed by atoms with Crippen molar-refractivity contribution in [3.8, 4) is 0 Å². The van der Waals surface area contributed by atoms with Crippen molar-refractivity contribution in [3.63, 3.8) is 0 Å². The summed E-state index contributed by atoms with van der Waals surface area (Å²) < 4.78 is 14.6. The number of aromatic nitrogens is 2. The zero-order chi connectivity index (χ0) is 11.4. The van der Waals surface area contributed by atoms with E-state index in [1.54, 1.807) is 35.4 Å². The van der Waals surface area contributed by atoms with E-state index in [1.165, 1.54) is 18.2 Å². The number of benzene rings is 1. The largest absolute Gasteiger partial charge is 0.287 e. The number of nitrogens with zero attached hydrogens (tertiary/aromatic N) is 2. The molecule has 2 rings (SSSR count). The highest BCUT2D eigenvalue weighted by molar-refractivity contribution is 5.94. The van der Waals surface area contributed by atoms with E-state index in [9.17, 15) is 9.18 Å². The molecule has 0 aliphatic heterocycles. The first-order valence-corrected chi connectivity index (χ1v) is 4.83. The summed E-state index contributed by atoms with van der Waals surface area (Å²) in [5.74, 6) is -0.527. The fourth-order valence-corrected chi connectivity index (χ4v) is 1.37. The Morgan fingerprint density at radius 1 is 1.31 bits per heavy atom. The topological polar surface area (TPSA) is 33.8 Å². The van der Waals surface area contributed by atoms with E-state index in [2.05, 4.69) is 4.98 Å². The summed E-state index contributed by atoms with van der Waals surface area (Å²) in [4.78, 5) is 15.6. The molecule has 0 aliphatic rings. The lowest BCUT2D eigenvalue weighted by Gasteiger charge is -1.97. The van der Waals surface area contributed by atoms with Crippen LogP contribution in [0.25, 0.3) is 0 Å². The predicted octanol–water partition coefficient (Wildman–Crippen LogP) is 1.39. The maximum absolute atomic E-state index is 12.9. The number of halogens is 1. The van der Waals surface area contributed by atoms with E-state index in [-0.39, 0.29) is 12.3 Å². The Morgan fingerprint density at radius 2 is 2.06 bits per heavy atom. The Labute approximate surface area is 92.2 Å². The van der Waals surface area contributed by atoms with E-state index in [0.29, 0.717) is 5.56 Å². The molecule has 0 N–H and O–H groups in total. The highest BCUT2D eigenvalue weighted by Gasteiger charge is 2.11. The van der Waals surface area contributed by atoms with Crippen LogP contribution in [0.1, 0.15) is 10.4 Å². The number of rotatable bonds is 3. The normalized spacial score (nSPS) is 10.1. The Hall–Kier alpha value is -2.10. The Kier molecular flexibility index (Phi) is 3.00. The van der Waals surface area contributed by atoms with Crippen molar-refractivity contribution >= 4 is 5.78 Å². The van der Waals surface area contributed by atoms with E-state index in [4.69, 9.17) is 0 Å². The van der Waals surface area contributed by atoms with Gasteiger partial charge in [0.25, 0.3) is 0 Å². The first-order valence-electron chi connectivity index (χ1n) is 4.83. The van der Waals surface area contributed by atoms with Crippen LogP contribution < -0.4 is 4.57 Å². The number of carbonyl (C=O) groups excluding carboxylic acids is 1. The second-order valence-corrected chi connectivity index (χ2v) is 3.35. The molecule has 0 saturated heterocycles. The minimum Gasteiger partial charge on any atom is -0.287 e. The number of hydrogen-bond acceptors (Lipinski definition) is 2. The predicted molar refractivity (Wildman–Crippen MR) is 55.2 cm³/mol. The molecule has 2 aromatic rings. The molecule has 1 aromatic carbocycles. The van der Waals surface area contributed by atoms with Crippen LogP contribution in [-0.2, 0) is 6.54 Å².